The molecule has 2 aromatic rings. The Bertz CT molecular complexity index is 827. The first-order valence-corrected chi connectivity index (χ1v) is 9.56. The van der Waals surface area contributed by atoms with Crippen LogP contribution in [0.25, 0.3) is 0 Å². The molecule has 0 saturated carbocycles. The Morgan fingerprint density at radius 2 is 1.52 bits per heavy atom. The molecular formula is C23H29FN2O3. The highest BCUT2D eigenvalue weighted by Crippen LogP contribution is 2.33. The number of amides is 2. The van der Waals surface area contributed by atoms with Gasteiger partial charge >= 0.3 is 0 Å². The molecule has 2 rings (SSSR count). The zero-order valence-corrected chi connectivity index (χ0v) is 17.6. The van der Waals surface area contributed by atoms with E-state index in [1.165, 1.54) is 19.1 Å². The molecule has 2 atom stereocenters. The fraction of sp³-hybridized carbons (Fsp3) is 0.391. The van der Waals surface area contributed by atoms with Crippen molar-refractivity contribution in [3.8, 4) is 5.75 Å². The van der Waals surface area contributed by atoms with E-state index in [9.17, 15) is 14.0 Å². The molecule has 156 valence electrons. The van der Waals surface area contributed by atoms with Gasteiger partial charge < -0.3 is 15.4 Å². The number of nitrogens with one attached hydrogen (secondary N) is 2. The van der Waals surface area contributed by atoms with Gasteiger partial charge in [-0.3, -0.25) is 9.59 Å². The highest BCUT2D eigenvalue weighted by atomic mass is 19.1. The van der Waals surface area contributed by atoms with Gasteiger partial charge in [-0.15, -0.1) is 0 Å². The van der Waals surface area contributed by atoms with Crippen LogP contribution in [0.1, 0.15) is 57.3 Å². The Morgan fingerprint density at radius 3 is 2.00 bits per heavy atom. The highest BCUT2D eigenvalue weighted by molar-refractivity contribution is 5.79. The van der Waals surface area contributed by atoms with Crippen LogP contribution in [-0.4, -0.2) is 18.9 Å². The third-order valence-electron chi connectivity index (χ3n) is 4.66. The molecule has 0 aromatic heterocycles. The average molecular weight is 400 g/mol. The van der Waals surface area contributed by atoms with Crippen LogP contribution in [0.2, 0.25) is 0 Å². The van der Waals surface area contributed by atoms with E-state index in [-0.39, 0.29) is 35.5 Å². The molecule has 5 nitrogen and oxygen atoms in total. The topological polar surface area (TPSA) is 67.4 Å². The predicted molar refractivity (Wildman–Crippen MR) is 111 cm³/mol. The summed E-state index contributed by atoms with van der Waals surface area (Å²) in [7, 11) is 1.58. The van der Waals surface area contributed by atoms with Crippen molar-refractivity contribution >= 4 is 11.8 Å². The molecule has 0 radical (unpaired) electrons. The Hall–Kier alpha value is -2.89. The van der Waals surface area contributed by atoms with Crippen LogP contribution in [0.4, 0.5) is 4.39 Å². The van der Waals surface area contributed by atoms with E-state index in [1.807, 2.05) is 32.9 Å². The van der Waals surface area contributed by atoms with E-state index in [2.05, 4.69) is 10.6 Å². The Balaban J connectivity index is 2.19. The average Bonchev–Trinajstić information content (AvgIpc) is 2.65. The molecule has 0 aliphatic rings. The summed E-state index contributed by atoms with van der Waals surface area (Å²) >= 11 is 0. The summed E-state index contributed by atoms with van der Waals surface area (Å²) in [6.07, 6.45) is 0.0830. The van der Waals surface area contributed by atoms with Crippen LogP contribution in [0.15, 0.2) is 48.5 Å². The van der Waals surface area contributed by atoms with E-state index >= 15 is 0 Å². The quantitative estimate of drug-likeness (QED) is 0.728. The number of carbonyl (C=O) groups excluding carboxylic acids is 2. The van der Waals surface area contributed by atoms with Crippen LogP contribution in [0.5, 0.6) is 5.75 Å². The fourth-order valence-corrected chi connectivity index (χ4v) is 3.19. The first-order chi connectivity index (χ1) is 13.6. The standard InChI is InChI=1S/C23H29FN2O3/c1-15(27)25-20(16-8-12-19(29-5)13-9-16)14-21(28)26-22(23(2,3)4)17-6-10-18(24)11-7-17/h6-13,20,22H,14H2,1-5H3,(H,25,27)(H,26,28). The smallest absolute Gasteiger partial charge is 0.222 e. The maximum atomic E-state index is 13.3. The van der Waals surface area contributed by atoms with E-state index in [0.29, 0.717) is 5.75 Å². The molecule has 0 aliphatic heterocycles. The largest absolute Gasteiger partial charge is 0.497 e. The molecule has 0 heterocycles. The van der Waals surface area contributed by atoms with Crippen molar-refractivity contribution in [3.05, 3.63) is 65.5 Å². The van der Waals surface area contributed by atoms with E-state index < -0.39 is 6.04 Å². The summed E-state index contributed by atoms with van der Waals surface area (Å²) in [5, 5.41) is 5.88. The van der Waals surface area contributed by atoms with Crippen LogP contribution in [0, 0.1) is 11.2 Å². The lowest BCUT2D eigenvalue weighted by molar-refractivity contribution is -0.124. The number of methoxy groups -OCH3 is 1. The molecular weight excluding hydrogens is 371 g/mol. The van der Waals surface area contributed by atoms with E-state index in [1.54, 1.807) is 31.4 Å². The number of hydrogen-bond acceptors (Lipinski definition) is 3. The zero-order valence-electron chi connectivity index (χ0n) is 17.6. The van der Waals surface area contributed by atoms with Crippen molar-refractivity contribution in [2.45, 2.75) is 46.2 Å². The van der Waals surface area contributed by atoms with Gasteiger partial charge in [0, 0.05) is 6.92 Å². The molecule has 2 aromatic carbocycles. The van der Waals surface area contributed by atoms with Crippen LogP contribution in [-0.2, 0) is 9.59 Å². The summed E-state index contributed by atoms with van der Waals surface area (Å²) in [5.74, 6) is -0.0461. The molecule has 0 aliphatic carbocycles. The van der Waals surface area contributed by atoms with Crippen molar-refractivity contribution in [1.29, 1.82) is 0 Å². The monoisotopic (exact) mass is 400 g/mol. The molecule has 2 N–H and O–H groups in total. The normalized spacial score (nSPS) is 13.3. The molecule has 6 heteroatoms. The van der Waals surface area contributed by atoms with Gasteiger partial charge in [0.1, 0.15) is 11.6 Å². The summed E-state index contributed by atoms with van der Waals surface area (Å²) in [5.41, 5.74) is 1.36. The van der Waals surface area contributed by atoms with Gasteiger partial charge in [0.05, 0.1) is 25.6 Å². The van der Waals surface area contributed by atoms with Gasteiger partial charge in [-0.25, -0.2) is 4.39 Å². The minimum atomic E-state index is -0.466. The Labute approximate surface area is 171 Å². The van der Waals surface area contributed by atoms with Crippen molar-refractivity contribution in [2.75, 3.05) is 7.11 Å². The number of rotatable bonds is 7. The second kappa shape index (κ2) is 9.54. The first-order valence-electron chi connectivity index (χ1n) is 9.56. The lowest BCUT2D eigenvalue weighted by Gasteiger charge is -2.32. The number of halogens is 1. The SMILES string of the molecule is COc1ccc(C(CC(=O)NC(c2ccc(F)cc2)C(C)(C)C)NC(C)=O)cc1. The first kappa shape index (κ1) is 22.4. The van der Waals surface area contributed by atoms with Gasteiger partial charge in [0.2, 0.25) is 11.8 Å². The van der Waals surface area contributed by atoms with Crippen LogP contribution < -0.4 is 15.4 Å². The second-order valence-electron chi connectivity index (χ2n) is 8.15. The Morgan fingerprint density at radius 1 is 0.966 bits per heavy atom. The lowest BCUT2D eigenvalue weighted by Crippen LogP contribution is -2.39. The number of carbonyl (C=O) groups is 2. The van der Waals surface area contributed by atoms with Crippen molar-refractivity contribution in [2.24, 2.45) is 5.41 Å². The fourth-order valence-electron chi connectivity index (χ4n) is 3.19. The predicted octanol–water partition coefficient (Wildman–Crippen LogP) is 4.31. The molecule has 0 saturated heterocycles. The maximum absolute atomic E-state index is 13.3. The highest BCUT2D eigenvalue weighted by Gasteiger charge is 2.29. The molecule has 0 bridgehead atoms. The van der Waals surface area contributed by atoms with Crippen molar-refractivity contribution in [1.82, 2.24) is 10.6 Å². The summed E-state index contributed by atoms with van der Waals surface area (Å²) < 4.78 is 18.5. The molecule has 2 amide bonds. The number of benzene rings is 2. The maximum Gasteiger partial charge on any atom is 0.222 e. The van der Waals surface area contributed by atoms with Crippen molar-refractivity contribution in [3.63, 3.8) is 0 Å². The van der Waals surface area contributed by atoms with E-state index in [0.717, 1.165) is 11.1 Å². The number of ether oxygens (including phenoxy) is 1. The van der Waals surface area contributed by atoms with Crippen LogP contribution >= 0.6 is 0 Å². The van der Waals surface area contributed by atoms with Gasteiger partial charge in [0.15, 0.2) is 0 Å². The summed E-state index contributed by atoms with van der Waals surface area (Å²) in [4.78, 5) is 24.5. The van der Waals surface area contributed by atoms with Gasteiger partial charge in [0.25, 0.3) is 0 Å². The van der Waals surface area contributed by atoms with Gasteiger partial charge in [-0.05, 0) is 40.8 Å². The molecule has 2 unspecified atom stereocenters. The summed E-state index contributed by atoms with van der Waals surface area (Å²) in [6.45, 7) is 7.45. The second-order valence-corrected chi connectivity index (χ2v) is 8.15. The zero-order chi connectivity index (χ0) is 21.6. The molecule has 29 heavy (non-hydrogen) atoms. The number of hydrogen-bond donors (Lipinski definition) is 2. The van der Waals surface area contributed by atoms with Gasteiger partial charge in [-0.1, -0.05) is 45.0 Å². The lowest BCUT2D eigenvalue weighted by atomic mass is 9.82. The molecule has 0 spiro atoms. The molecule has 0 fully saturated rings. The van der Waals surface area contributed by atoms with E-state index in [4.69, 9.17) is 4.74 Å². The third kappa shape index (κ3) is 6.59. The van der Waals surface area contributed by atoms with Crippen LogP contribution in [0.3, 0.4) is 0 Å². The van der Waals surface area contributed by atoms with Crippen molar-refractivity contribution < 1.29 is 18.7 Å². The van der Waals surface area contributed by atoms with Gasteiger partial charge in [-0.2, -0.15) is 0 Å². The third-order valence-corrected chi connectivity index (χ3v) is 4.66. The minimum absolute atomic E-state index is 0.0830. The Kier molecular flexibility index (Phi) is 7.37. The minimum Gasteiger partial charge on any atom is -0.497 e. The summed E-state index contributed by atoms with van der Waals surface area (Å²) in [6, 6.07) is 12.6.